The molecule has 9 heteroatoms. The topological polar surface area (TPSA) is 91.2 Å². The van der Waals surface area contributed by atoms with E-state index in [1.165, 1.54) is 23.5 Å². The van der Waals surface area contributed by atoms with Crippen LogP contribution in [0.1, 0.15) is 12.5 Å². The highest BCUT2D eigenvalue weighted by Gasteiger charge is 2.15. The normalized spacial score (nSPS) is 13.8. The molecule has 0 aliphatic carbocycles. The number of ether oxygens (including phenoxy) is 2. The minimum absolute atomic E-state index is 0.0230. The lowest BCUT2D eigenvalue weighted by Gasteiger charge is -2.18. The second-order valence-electron chi connectivity index (χ2n) is 6.14. The van der Waals surface area contributed by atoms with E-state index < -0.39 is 4.92 Å². The molecule has 0 saturated heterocycles. The predicted molar refractivity (Wildman–Crippen MR) is 111 cm³/mol. The second-order valence-corrected chi connectivity index (χ2v) is 6.98. The maximum Gasteiger partial charge on any atom is 0.270 e. The van der Waals surface area contributed by atoms with Crippen molar-refractivity contribution in [2.45, 2.75) is 6.92 Å². The first-order chi connectivity index (χ1) is 14.2. The molecule has 1 aliphatic rings. The van der Waals surface area contributed by atoms with Crippen LogP contribution in [-0.4, -0.2) is 35.6 Å². The molecular weight excluding hydrogens is 392 g/mol. The smallest absolute Gasteiger partial charge is 0.270 e. The second kappa shape index (κ2) is 8.27. The van der Waals surface area contributed by atoms with E-state index in [1.54, 1.807) is 23.0 Å². The quantitative estimate of drug-likeness (QED) is 0.364. The number of hydrogen-bond acceptors (Lipinski definition) is 7. The van der Waals surface area contributed by atoms with Crippen molar-refractivity contribution in [3.63, 3.8) is 0 Å². The molecule has 1 aromatic heterocycles. The van der Waals surface area contributed by atoms with Gasteiger partial charge in [0.1, 0.15) is 13.2 Å². The monoisotopic (exact) mass is 410 g/mol. The first-order valence-corrected chi connectivity index (χ1v) is 9.93. The standard InChI is InChI=1S/C20H18N4O4S/c1-2-21-20-23(22-12-14-4-3-5-16(10-14)24(25)26)17(13-29-20)15-6-7-18-19(11-15)28-9-8-27-18/h3-7,10-13H,2,8-9H2,1H3/b21-20?,22-12-. The molecule has 0 spiro atoms. The molecule has 29 heavy (non-hydrogen) atoms. The van der Waals surface area contributed by atoms with Crippen molar-refractivity contribution >= 4 is 23.2 Å². The lowest BCUT2D eigenvalue weighted by molar-refractivity contribution is -0.384. The lowest BCUT2D eigenvalue weighted by Crippen LogP contribution is -2.15. The molecule has 0 saturated carbocycles. The summed E-state index contributed by atoms with van der Waals surface area (Å²) in [6.07, 6.45) is 1.59. The molecule has 0 amide bonds. The Morgan fingerprint density at radius 1 is 1.21 bits per heavy atom. The van der Waals surface area contributed by atoms with Gasteiger partial charge in [-0.1, -0.05) is 12.1 Å². The molecular formula is C20H18N4O4S. The first kappa shape index (κ1) is 18.9. The van der Waals surface area contributed by atoms with Crippen LogP contribution in [0.5, 0.6) is 11.5 Å². The van der Waals surface area contributed by atoms with Gasteiger partial charge in [0.05, 0.1) is 16.8 Å². The molecule has 8 nitrogen and oxygen atoms in total. The van der Waals surface area contributed by atoms with E-state index >= 15 is 0 Å². The maximum absolute atomic E-state index is 11.0. The van der Waals surface area contributed by atoms with Crippen LogP contribution in [-0.2, 0) is 0 Å². The van der Waals surface area contributed by atoms with Gasteiger partial charge in [-0.3, -0.25) is 15.1 Å². The van der Waals surface area contributed by atoms with Crippen molar-refractivity contribution < 1.29 is 14.4 Å². The highest BCUT2D eigenvalue weighted by Crippen LogP contribution is 2.34. The van der Waals surface area contributed by atoms with Gasteiger partial charge in [-0.15, -0.1) is 11.3 Å². The number of benzene rings is 2. The maximum atomic E-state index is 11.0. The summed E-state index contributed by atoms with van der Waals surface area (Å²) in [5.41, 5.74) is 2.42. The van der Waals surface area contributed by atoms with Crippen molar-refractivity contribution in [3.05, 3.63) is 68.3 Å². The Morgan fingerprint density at radius 2 is 2.03 bits per heavy atom. The molecule has 3 aromatic rings. The number of rotatable bonds is 5. The number of aromatic nitrogens is 1. The van der Waals surface area contributed by atoms with Gasteiger partial charge in [-0.2, -0.15) is 5.10 Å². The SMILES string of the molecule is CCN=c1scc(-c2ccc3c(c2)OCCO3)n1/N=C\c1cccc([N+](=O)[O-])c1. The summed E-state index contributed by atoms with van der Waals surface area (Å²) in [5, 5.41) is 17.5. The highest BCUT2D eigenvalue weighted by atomic mass is 32.1. The summed E-state index contributed by atoms with van der Waals surface area (Å²) in [6, 6.07) is 12.1. The van der Waals surface area contributed by atoms with Crippen LogP contribution in [0.15, 0.2) is 57.9 Å². The van der Waals surface area contributed by atoms with Gasteiger partial charge in [0.2, 0.25) is 4.80 Å². The highest BCUT2D eigenvalue weighted by molar-refractivity contribution is 7.07. The zero-order chi connectivity index (χ0) is 20.2. The van der Waals surface area contributed by atoms with Crippen LogP contribution < -0.4 is 14.3 Å². The van der Waals surface area contributed by atoms with Crippen LogP contribution in [0.2, 0.25) is 0 Å². The number of fused-ring (bicyclic) bond motifs is 1. The van der Waals surface area contributed by atoms with Crippen molar-refractivity contribution in [1.29, 1.82) is 0 Å². The summed E-state index contributed by atoms with van der Waals surface area (Å²) >= 11 is 1.48. The molecule has 0 radical (unpaired) electrons. The Labute approximate surface area is 170 Å². The van der Waals surface area contributed by atoms with Crippen molar-refractivity contribution in [1.82, 2.24) is 4.68 Å². The third-order valence-electron chi connectivity index (χ3n) is 4.22. The Kier molecular flexibility index (Phi) is 5.39. The molecule has 2 heterocycles. The van der Waals surface area contributed by atoms with Crippen LogP contribution in [0, 0.1) is 10.1 Å². The summed E-state index contributed by atoms with van der Waals surface area (Å²) in [5.74, 6) is 1.42. The summed E-state index contributed by atoms with van der Waals surface area (Å²) in [7, 11) is 0. The first-order valence-electron chi connectivity index (χ1n) is 9.05. The summed E-state index contributed by atoms with van der Waals surface area (Å²) < 4.78 is 13.0. The Bertz CT molecular complexity index is 1150. The number of nitrogens with zero attached hydrogens (tertiary/aromatic N) is 4. The van der Waals surface area contributed by atoms with E-state index in [2.05, 4.69) is 10.1 Å². The van der Waals surface area contributed by atoms with Gasteiger partial charge >= 0.3 is 0 Å². The fraction of sp³-hybridized carbons (Fsp3) is 0.200. The van der Waals surface area contributed by atoms with Gasteiger partial charge in [0, 0.05) is 35.2 Å². The fourth-order valence-electron chi connectivity index (χ4n) is 2.90. The predicted octanol–water partition coefficient (Wildman–Crippen LogP) is 3.70. The number of hydrogen-bond donors (Lipinski definition) is 0. The fourth-order valence-corrected chi connectivity index (χ4v) is 3.80. The molecule has 0 atom stereocenters. The minimum Gasteiger partial charge on any atom is -0.486 e. The summed E-state index contributed by atoms with van der Waals surface area (Å²) in [4.78, 5) is 15.8. The zero-order valence-electron chi connectivity index (χ0n) is 15.6. The third-order valence-corrected chi connectivity index (χ3v) is 5.07. The van der Waals surface area contributed by atoms with Gasteiger partial charge in [-0.05, 0) is 25.1 Å². The molecule has 1 aliphatic heterocycles. The van der Waals surface area contributed by atoms with Crippen molar-refractivity contribution in [3.8, 4) is 22.8 Å². The van der Waals surface area contributed by atoms with E-state index in [0.29, 0.717) is 31.1 Å². The van der Waals surface area contributed by atoms with E-state index in [0.717, 1.165) is 21.8 Å². The van der Waals surface area contributed by atoms with Crippen molar-refractivity contribution in [2.75, 3.05) is 19.8 Å². The molecule has 0 bridgehead atoms. The van der Waals surface area contributed by atoms with Crippen LogP contribution in [0.25, 0.3) is 11.3 Å². The van der Waals surface area contributed by atoms with Gasteiger partial charge in [-0.25, -0.2) is 4.68 Å². The average Bonchev–Trinajstić information content (AvgIpc) is 3.15. The zero-order valence-corrected chi connectivity index (χ0v) is 16.5. The van der Waals surface area contributed by atoms with E-state index in [4.69, 9.17) is 9.47 Å². The molecule has 4 rings (SSSR count). The van der Waals surface area contributed by atoms with Crippen LogP contribution in [0.4, 0.5) is 5.69 Å². The van der Waals surface area contributed by atoms with E-state index in [-0.39, 0.29) is 5.69 Å². The van der Waals surface area contributed by atoms with Gasteiger partial charge < -0.3 is 9.47 Å². The lowest BCUT2D eigenvalue weighted by atomic mass is 10.1. The van der Waals surface area contributed by atoms with Gasteiger partial charge in [0.25, 0.3) is 5.69 Å². The average molecular weight is 410 g/mol. The molecule has 148 valence electrons. The largest absolute Gasteiger partial charge is 0.486 e. The molecule has 0 fully saturated rings. The van der Waals surface area contributed by atoms with E-state index in [1.807, 2.05) is 30.5 Å². The molecule has 2 aromatic carbocycles. The number of nitro benzene ring substituents is 1. The van der Waals surface area contributed by atoms with Crippen LogP contribution >= 0.6 is 11.3 Å². The Morgan fingerprint density at radius 3 is 2.83 bits per heavy atom. The third kappa shape index (κ3) is 4.04. The Balaban J connectivity index is 1.75. The Hall–Kier alpha value is -3.46. The number of nitro groups is 1. The van der Waals surface area contributed by atoms with E-state index in [9.17, 15) is 10.1 Å². The van der Waals surface area contributed by atoms with Crippen molar-refractivity contribution in [2.24, 2.45) is 10.1 Å². The molecule has 0 N–H and O–H groups in total. The van der Waals surface area contributed by atoms with Gasteiger partial charge in [0.15, 0.2) is 11.5 Å². The minimum atomic E-state index is -0.423. The van der Waals surface area contributed by atoms with Crippen LogP contribution in [0.3, 0.4) is 0 Å². The number of non-ortho nitro benzene ring substituents is 1. The molecule has 0 unspecified atom stereocenters. The number of thiazole rings is 1. The summed E-state index contributed by atoms with van der Waals surface area (Å²) in [6.45, 7) is 3.63.